The Kier molecular flexibility index (Phi) is 3.36. The highest BCUT2D eigenvalue weighted by atomic mass is 35.5. The number of carbonyl (C=O) groups is 1. The summed E-state index contributed by atoms with van der Waals surface area (Å²) < 4.78 is 0. The lowest BCUT2D eigenvalue weighted by molar-refractivity contribution is 0.259. The van der Waals surface area contributed by atoms with Crippen LogP contribution >= 0.6 is 12.4 Å². The number of fused-ring (bicyclic) bond motifs is 1. The van der Waals surface area contributed by atoms with Crippen LogP contribution in [0.3, 0.4) is 0 Å². The summed E-state index contributed by atoms with van der Waals surface area (Å²) in [5.74, 6) is 0. The first-order chi connectivity index (χ1) is 6.25. The number of urea groups is 1. The Balaban J connectivity index is 0.000000980. The number of primary amides is 1. The van der Waals surface area contributed by atoms with E-state index in [9.17, 15) is 4.79 Å². The number of nitrogens with two attached hydrogens (primary N) is 1. The van der Waals surface area contributed by atoms with Crippen LogP contribution in [-0.2, 0) is 12.8 Å². The van der Waals surface area contributed by atoms with E-state index in [1.54, 1.807) is 0 Å². The average Bonchev–Trinajstić information content (AvgIpc) is 2.49. The van der Waals surface area contributed by atoms with Crippen LogP contribution in [0.1, 0.15) is 17.5 Å². The molecule has 0 saturated heterocycles. The minimum absolute atomic E-state index is 0. The van der Waals surface area contributed by atoms with Crippen molar-refractivity contribution in [2.24, 2.45) is 5.73 Å². The van der Waals surface area contributed by atoms with E-state index >= 15 is 0 Å². The molecule has 3 nitrogen and oxygen atoms in total. The molecule has 2 rings (SSSR count). The zero-order chi connectivity index (χ0) is 9.26. The highest BCUT2D eigenvalue weighted by molar-refractivity contribution is 5.87. The third kappa shape index (κ3) is 2.17. The fourth-order valence-corrected chi connectivity index (χ4v) is 1.79. The summed E-state index contributed by atoms with van der Waals surface area (Å²) in [6, 6.07) is 5.47. The second kappa shape index (κ2) is 4.33. The lowest BCUT2D eigenvalue weighted by atomic mass is 10.1. The van der Waals surface area contributed by atoms with Crippen LogP contribution in [0.4, 0.5) is 10.5 Å². The number of hydrogen-bond donors (Lipinski definition) is 2. The molecule has 76 valence electrons. The van der Waals surface area contributed by atoms with Crippen molar-refractivity contribution in [2.75, 3.05) is 5.32 Å². The SMILES string of the molecule is Cl.NC(=O)Nc1ccc2c(c1)CCC2. The number of benzene rings is 1. The molecule has 14 heavy (non-hydrogen) atoms. The summed E-state index contributed by atoms with van der Waals surface area (Å²) in [7, 11) is 0. The van der Waals surface area contributed by atoms with Gasteiger partial charge in [-0.2, -0.15) is 0 Å². The number of halogens is 1. The maximum atomic E-state index is 10.6. The van der Waals surface area contributed by atoms with Crippen molar-refractivity contribution in [1.82, 2.24) is 0 Å². The van der Waals surface area contributed by atoms with Gasteiger partial charge in [0, 0.05) is 5.69 Å². The van der Waals surface area contributed by atoms with Crippen molar-refractivity contribution >= 4 is 24.1 Å². The summed E-state index contributed by atoms with van der Waals surface area (Å²) >= 11 is 0. The maximum Gasteiger partial charge on any atom is 0.316 e. The third-order valence-corrected chi connectivity index (χ3v) is 2.37. The Bertz CT molecular complexity index is 352. The van der Waals surface area contributed by atoms with Gasteiger partial charge in [-0.15, -0.1) is 12.4 Å². The second-order valence-corrected chi connectivity index (χ2v) is 3.33. The van der Waals surface area contributed by atoms with E-state index in [0.29, 0.717) is 0 Å². The monoisotopic (exact) mass is 212 g/mol. The van der Waals surface area contributed by atoms with E-state index in [1.807, 2.05) is 12.1 Å². The Morgan fingerprint density at radius 1 is 1.29 bits per heavy atom. The Hall–Kier alpha value is -1.22. The summed E-state index contributed by atoms with van der Waals surface area (Å²) in [5, 5.41) is 2.57. The average molecular weight is 213 g/mol. The largest absolute Gasteiger partial charge is 0.351 e. The number of carbonyl (C=O) groups excluding carboxylic acids is 1. The maximum absolute atomic E-state index is 10.6. The van der Waals surface area contributed by atoms with Crippen molar-refractivity contribution in [3.63, 3.8) is 0 Å². The molecule has 2 amide bonds. The van der Waals surface area contributed by atoms with Crippen molar-refractivity contribution in [1.29, 1.82) is 0 Å². The lowest BCUT2D eigenvalue weighted by Crippen LogP contribution is -2.19. The van der Waals surface area contributed by atoms with Crippen LogP contribution in [0, 0.1) is 0 Å². The molecule has 1 aliphatic rings. The van der Waals surface area contributed by atoms with Gasteiger partial charge in [-0.05, 0) is 42.5 Å². The summed E-state index contributed by atoms with van der Waals surface area (Å²) in [4.78, 5) is 10.6. The van der Waals surface area contributed by atoms with E-state index in [4.69, 9.17) is 5.73 Å². The normalized spacial score (nSPS) is 12.9. The predicted molar refractivity (Wildman–Crippen MR) is 58.9 cm³/mol. The van der Waals surface area contributed by atoms with Gasteiger partial charge < -0.3 is 11.1 Å². The molecule has 0 saturated carbocycles. The van der Waals surface area contributed by atoms with Crippen LogP contribution in [0.2, 0.25) is 0 Å². The van der Waals surface area contributed by atoms with Gasteiger partial charge in [0.25, 0.3) is 0 Å². The third-order valence-electron chi connectivity index (χ3n) is 2.37. The molecule has 1 aliphatic carbocycles. The molecule has 0 bridgehead atoms. The lowest BCUT2D eigenvalue weighted by Gasteiger charge is -2.04. The number of anilines is 1. The van der Waals surface area contributed by atoms with E-state index in [2.05, 4.69) is 11.4 Å². The van der Waals surface area contributed by atoms with Crippen LogP contribution in [0.5, 0.6) is 0 Å². The molecular weight excluding hydrogens is 200 g/mol. The van der Waals surface area contributed by atoms with Gasteiger partial charge in [0.2, 0.25) is 0 Å². The topological polar surface area (TPSA) is 55.1 Å². The summed E-state index contributed by atoms with van der Waals surface area (Å²) in [6.07, 6.45) is 3.49. The van der Waals surface area contributed by atoms with Gasteiger partial charge in [-0.1, -0.05) is 6.07 Å². The van der Waals surface area contributed by atoms with Gasteiger partial charge in [-0.25, -0.2) is 4.79 Å². The standard InChI is InChI=1S/C10H12N2O.ClH/c11-10(13)12-9-5-4-7-2-1-3-8(7)6-9;/h4-6H,1-3H2,(H3,11,12,13);1H. The van der Waals surface area contributed by atoms with Gasteiger partial charge in [0.15, 0.2) is 0 Å². The molecule has 0 radical (unpaired) electrons. The van der Waals surface area contributed by atoms with E-state index in [-0.39, 0.29) is 12.4 Å². The van der Waals surface area contributed by atoms with Crippen molar-refractivity contribution in [2.45, 2.75) is 19.3 Å². The highest BCUT2D eigenvalue weighted by Crippen LogP contribution is 2.24. The molecule has 1 aromatic carbocycles. The Morgan fingerprint density at radius 2 is 2.00 bits per heavy atom. The molecular formula is C10H13ClN2O. The van der Waals surface area contributed by atoms with Crippen molar-refractivity contribution in [3.05, 3.63) is 29.3 Å². The number of nitrogens with one attached hydrogen (secondary N) is 1. The first-order valence-corrected chi connectivity index (χ1v) is 4.44. The molecule has 4 heteroatoms. The quantitative estimate of drug-likeness (QED) is 0.736. The van der Waals surface area contributed by atoms with E-state index in [0.717, 1.165) is 18.5 Å². The minimum atomic E-state index is -0.502. The van der Waals surface area contributed by atoms with E-state index < -0.39 is 6.03 Å². The highest BCUT2D eigenvalue weighted by Gasteiger charge is 2.10. The van der Waals surface area contributed by atoms with Gasteiger partial charge >= 0.3 is 6.03 Å². The molecule has 0 aliphatic heterocycles. The first kappa shape index (κ1) is 10.9. The molecule has 0 aromatic heterocycles. The smallest absolute Gasteiger partial charge is 0.316 e. The fraction of sp³-hybridized carbons (Fsp3) is 0.300. The minimum Gasteiger partial charge on any atom is -0.351 e. The zero-order valence-corrected chi connectivity index (χ0v) is 8.56. The summed E-state index contributed by atoms with van der Waals surface area (Å²) in [5.41, 5.74) is 8.56. The molecule has 1 aromatic rings. The first-order valence-electron chi connectivity index (χ1n) is 4.44. The molecule has 0 atom stereocenters. The van der Waals surface area contributed by atoms with Crippen molar-refractivity contribution in [3.8, 4) is 0 Å². The van der Waals surface area contributed by atoms with Crippen LogP contribution in [0.15, 0.2) is 18.2 Å². The molecule has 0 heterocycles. The number of hydrogen-bond acceptors (Lipinski definition) is 1. The van der Waals surface area contributed by atoms with Crippen LogP contribution in [0.25, 0.3) is 0 Å². The molecule has 3 N–H and O–H groups in total. The molecule has 0 unspecified atom stereocenters. The number of aryl methyl sites for hydroxylation is 2. The van der Waals surface area contributed by atoms with Crippen LogP contribution in [-0.4, -0.2) is 6.03 Å². The fourth-order valence-electron chi connectivity index (χ4n) is 1.79. The van der Waals surface area contributed by atoms with E-state index in [1.165, 1.54) is 17.5 Å². The summed E-state index contributed by atoms with van der Waals surface area (Å²) in [6.45, 7) is 0. The molecule has 0 spiro atoms. The number of amides is 2. The Labute approximate surface area is 89.1 Å². The van der Waals surface area contributed by atoms with Crippen molar-refractivity contribution < 1.29 is 4.79 Å². The second-order valence-electron chi connectivity index (χ2n) is 3.33. The molecule has 0 fully saturated rings. The van der Waals surface area contributed by atoms with Gasteiger partial charge in [0.05, 0.1) is 0 Å². The zero-order valence-electron chi connectivity index (χ0n) is 7.75. The predicted octanol–water partition coefficient (Wildman–Crippen LogP) is 2.09. The van der Waals surface area contributed by atoms with Crippen LogP contribution < -0.4 is 11.1 Å². The number of rotatable bonds is 1. The van der Waals surface area contributed by atoms with Gasteiger partial charge in [-0.3, -0.25) is 0 Å². The Morgan fingerprint density at radius 3 is 2.71 bits per heavy atom. The van der Waals surface area contributed by atoms with Gasteiger partial charge in [0.1, 0.15) is 0 Å².